The molecule has 6 heteroatoms. The molecule has 0 saturated carbocycles. The summed E-state index contributed by atoms with van der Waals surface area (Å²) in [6.45, 7) is 0. The van der Waals surface area contributed by atoms with E-state index in [4.69, 9.17) is 0 Å². The Balaban J connectivity index is 2.93. The highest BCUT2D eigenvalue weighted by atomic mass is 16.7. The van der Waals surface area contributed by atoms with Crippen molar-refractivity contribution in [3.63, 3.8) is 0 Å². The van der Waals surface area contributed by atoms with Crippen molar-refractivity contribution in [2.45, 2.75) is 0 Å². The first-order chi connectivity index (χ1) is 3.80. The summed E-state index contributed by atoms with van der Waals surface area (Å²) < 4.78 is 0. The first kappa shape index (κ1) is 4.69. The molecule has 0 N–H and O–H groups in total. The Kier molecular flexibility index (Phi) is 0.918. The van der Waals surface area contributed by atoms with E-state index in [1.165, 1.54) is 6.20 Å². The van der Waals surface area contributed by atoms with Gasteiger partial charge in [-0.1, -0.05) is 0 Å². The molecule has 0 amide bonds. The highest BCUT2D eigenvalue weighted by molar-refractivity contribution is 4.58. The number of rotatable bonds is 1. The third-order valence-electron chi connectivity index (χ3n) is 0.577. The van der Waals surface area contributed by atoms with E-state index in [2.05, 4.69) is 10.3 Å². The van der Waals surface area contributed by atoms with E-state index < -0.39 is 5.03 Å². The van der Waals surface area contributed by atoms with Crippen molar-refractivity contribution >= 4 is 0 Å². The second-order valence-electron chi connectivity index (χ2n) is 1.06. The molecule has 0 unspecified atom stereocenters. The summed E-state index contributed by atoms with van der Waals surface area (Å²) >= 11 is 0. The summed E-state index contributed by atoms with van der Waals surface area (Å²) in [6.07, 6.45) is 2.39. The summed E-state index contributed by atoms with van der Waals surface area (Å²) in [6, 6.07) is 0. The molecular formula is C2H2N4O2. The molecule has 0 aliphatic carbocycles. The zero-order chi connectivity index (χ0) is 5.98. The predicted molar refractivity (Wildman–Crippen MR) is 22.4 cm³/mol. The van der Waals surface area contributed by atoms with Crippen molar-refractivity contribution < 1.29 is 5.03 Å². The van der Waals surface area contributed by atoms with Crippen LogP contribution in [0.15, 0.2) is 12.4 Å². The molecule has 1 rings (SSSR count). The fraction of sp³-hybridized carbons (Fsp3) is 0. The highest BCUT2D eigenvalue weighted by Gasteiger charge is 1.96. The van der Waals surface area contributed by atoms with Gasteiger partial charge in [-0.05, 0) is 5.10 Å². The third kappa shape index (κ3) is 0.625. The Morgan fingerprint density at radius 1 is 1.75 bits per heavy atom. The number of nitrogens with zero attached hydrogens (tertiary/aromatic N) is 4. The number of nitro groups is 1. The fourth-order valence-corrected chi connectivity index (χ4v) is 0.289. The second-order valence-corrected chi connectivity index (χ2v) is 1.06. The van der Waals surface area contributed by atoms with Gasteiger partial charge in [-0.25, -0.2) is 0 Å². The van der Waals surface area contributed by atoms with Gasteiger partial charge in [-0.15, -0.1) is 0 Å². The van der Waals surface area contributed by atoms with Gasteiger partial charge in [0.25, 0.3) is 0 Å². The average molecular weight is 114 g/mol. The van der Waals surface area contributed by atoms with E-state index in [1.54, 1.807) is 0 Å². The molecule has 0 bridgehead atoms. The predicted octanol–water partition coefficient (Wildman–Crippen LogP) is -0.682. The molecule has 6 nitrogen and oxygen atoms in total. The number of hydrogen-bond acceptors (Lipinski definition) is 4. The van der Waals surface area contributed by atoms with Gasteiger partial charge in [0.15, 0.2) is 5.21 Å². The first-order valence-corrected chi connectivity index (χ1v) is 1.81. The standard InChI is InChI=1S/C2H2N4O2/c7-6(8)5-2-1-3-4-5/h1-2H. The van der Waals surface area contributed by atoms with Gasteiger partial charge in [-0.3, -0.25) is 0 Å². The maximum Gasteiger partial charge on any atom is 0.181 e. The van der Waals surface area contributed by atoms with Gasteiger partial charge in [0, 0.05) is 4.79 Å². The normalized spacial score (nSPS) is 9.00. The van der Waals surface area contributed by atoms with Crippen molar-refractivity contribution in [2.75, 3.05) is 0 Å². The lowest BCUT2D eigenvalue weighted by Crippen LogP contribution is -2.08. The zero-order valence-corrected chi connectivity index (χ0v) is 3.76. The Hall–Kier alpha value is -1.46. The lowest BCUT2D eigenvalue weighted by atomic mass is 11.0. The minimum Gasteiger partial charge on any atom is -0.339 e. The molecule has 0 aliphatic rings. The van der Waals surface area contributed by atoms with Gasteiger partial charge in [-0.2, -0.15) is 0 Å². The molecule has 0 radical (unpaired) electrons. The molecule has 1 heterocycles. The van der Waals surface area contributed by atoms with Crippen LogP contribution in [-0.4, -0.2) is 20.1 Å². The Bertz CT molecular complexity index is 180. The van der Waals surface area contributed by atoms with E-state index in [0.29, 0.717) is 4.79 Å². The van der Waals surface area contributed by atoms with E-state index in [9.17, 15) is 10.1 Å². The van der Waals surface area contributed by atoms with Crippen molar-refractivity contribution in [1.82, 2.24) is 15.1 Å². The molecule has 42 valence electrons. The van der Waals surface area contributed by atoms with Gasteiger partial charge >= 0.3 is 0 Å². The Morgan fingerprint density at radius 2 is 2.50 bits per heavy atom. The summed E-state index contributed by atoms with van der Waals surface area (Å²) in [5.41, 5.74) is 0. The van der Waals surface area contributed by atoms with Crippen molar-refractivity contribution in [1.29, 1.82) is 0 Å². The van der Waals surface area contributed by atoms with Crippen LogP contribution in [-0.2, 0) is 0 Å². The second kappa shape index (κ2) is 1.57. The first-order valence-electron chi connectivity index (χ1n) is 1.81. The van der Waals surface area contributed by atoms with Crippen LogP contribution >= 0.6 is 0 Å². The highest BCUT2D eigenvalue weighted by Crippen LogP contribution is 1.74. The topological polar surface area (TPSA) is 73.8 Å². The maximum atomic E-state index is 9.73. The molecule has 0 saturated heterocycles. The third-order valence-corrected chi connectivity index (χ3v) is 0.577. The lowest BCUT2D eigenvalue weighted by molar-refractivity contribution is -0.553. The molecule has 0 atom stereocenters. The van der Waals surface area contributed by atoms with Gasteiger partial charge in [0.05, 0.1) is 5.03 Å². The number of aromatic nitrogens is 3. The van der Waals surface area contributed by atoms with Gasteiger partial charge < -0.3 is 10.1 Å². The Morgan fingerprint density at radius 3 is 2.75 bits per heavy atom. The molecule has 1 aromatic heterocycles. The van der Waals surface area contributed by atoms with E-state index in [1.807, 2.05) is 0 Å². The van der Waals surface area contributed by atoms with Gasteiger partial charge in [0.2, 0.25) is 0 Å². The van der Waals surface area contributed by atoms with Crippen LogP contribution in [0.25, 0.3) is 0 Å². The van der Waals surface area contributed by atoms with Crippen LogP contribution in [0.3, 0.4) is 0 Å². The Labute approximate surface area is 43.8 Å². The van der Waals surface area contributed by atoms with Crippen LogP contribution in [0, 0.1) is 10.1 Å². The minimum absolute atomic E-state index is 0.528. The van der Waals surface area contributed by atoms with Gasteiger partial charge in [0.1, 0.15) is 12.4 Å². The fourth-order valence-electron chi connectivity index (χ4n) is 0.289. The van der Waals surface area contributed by atoms with Crippen LogP contribution in [0.1, 0.15) is 0 Å². The largest absolute Gasteiger partial charge is 0.339 e. The number of hydrogen-bond donors (Lipinski definition) is 0. The van der Waals surface area contributed by atoms with Crippen LogP contribution in [0.4, 0.5) is 0 Å². The van der Waals surface area contributed by atoms with Crippen LogP contribution in [0.5, 0.6) is 0 Å². The lowest BCUT2D eigenvalue weighted by Gasteiger charge is -1.83. The van der Waals surface area contributed by atoms with Crippen molar-refractivity contribution in [2.24, 2.45) is 0 Å². The zero-order valence-electron chi connectivity index (χ0n) is 3.76. The van der Waals surface area contributed by atoms with Crippen molar-refractivity contribution in [3.8, 4) is 0 Å². The summed E-state index contributed by atoms with van der Waals surface area (Å²) in [5.74, 6) is 0. The average Bonchev–Trinajstić information content (AvgIpc) is 2.12. The molecule has 1 aromatic rings. The van der Waals surface area contributed by atoms with E-state index >= 15 is 0 Å². The molecular weight excluding hydrogens is 112 g/mol. The van der Waals surface area contributed by atoms with Crippen molar-refractivity contribution in [3.05, 3.63) is 22.5 Å². The van der Waals surface area contributed by atoms with Crippen LogP contribution in [0.2, 0.25) is 0 Å². The molecule has 0 spiro atoms. The summed E-state index contributed by atoms with van der Waals surface area (Å²) in [7, 11) is 0. The SMILES string of the molecule is O=[N+]([O-])n1ccnn1. The minimum atomic E-state index is -0.674. The summed E-state index contributed by atoms with van der Waals surface area (Å²) in [5, 5.41) is 15.4. The smallest absolute Gasteiger partial charge is 0.181 e. The van der Waals surface area contributed by atoms with Crippen LogP contribution < -0.4 is 0 Å². The monoisotopic (exact) mass is 114 g/mol. The quantitative estimate of drug-likeness (QED) is 0.358. The maximum absolute atomic E-state index is 9.73. The van der Waals surface area contributed by atoms with E-state index in [0.717, 1.165) is 6.20 Å². The molecule has 0 fully saturated rings. The molecule has 8 heavy (non-hydrogen) atoms. The molecule has 0 aliphatic heterocycles. The summed E-state index contributed by atoms with van der Waals surface area (Å²) in [4.78, 5) is 10.3. The molecule has 0 aromatic carbocycles. The van der Waals surface area contributed by atoms with E-state index in [-0.39, 0.29) is 0 Å².